The van der Waals surface area contributed by atoms with E-state index in [4.69, 9.17) is 0 Å². The Morgan fingerprint density at radius 1 is 1.27 bits per heavy atom. The molecule has 0 saturated heterocycles. The van der Waals surface area contributed by atoms with Crippen LogP contribution in [-0.4, -0.2) is 23.9 Å². The summed E-state index contributed by atoms with van der Waals surface area (Å²) in [5, 5.41) is 10.3. The van der Waals surface area contributed by atoms with Gasteiger partial charge in [0.05, 0.1) is 12.7 Å². The molecule has 0 aliphatic heterocycles. The lowest BCUT2D eigenvalue weighted by Crippen LogP contribution is -2.16. The molecule has 0 aromatic heterocycles. The van der Waals surface area contributed by atoms with Crippen LogP contribution in [0.15, 0.2) is 24.3 Å². The van der Waals surface area contributed by atoms with Gasteiger partial charge >= 0.3 is 11.9 Å². The normalized spacial score (nSPS) is 9.40. The van der Waals surface area contributed by atoms with Crippen LogP contribution < -0.4 is 0 Å². The van der Waals surface area contributed by atoms with Gasteiger partial charge in [-0.1, -0.05) is 12.1 Å². The molecule has 0 atom stereocenters. The summed E-state index contributed by atoms with van der Waals surface area (Å²) in [6.07, 6.45) is 0. The van der Waals surface area contributed by atoms with Crippen molar-refractivity contribution in [1.29, 1.82) is 0 Å². The number of esters is 1. The molecular weight excluding hydrogens is 202 g/mol. The van der Waals surface area contributed by atoms with Crippen molar-refractivity contribution in [2.45, 2.75) is 0 Å². The van der Waals surface area contributed by atoms with Gasteiger partial charge in [0.2, 0.25) is 0 Å². The standard InChI is InChI=1S/C9H7NO5/c1-15-9(12)7-5-3-2-4-6(7)8(11)10(13)14/h2-5H,1H3. The van der Waals surface area contributed by atoms with Gasteiger partial charge in [0, 0.05) is 0 Å². The van der Waals surface area contributed by atoms with E-state index in [1.807, 2.05) is 0 Å². The van der Waals surface area contributed by atoms with Gasteiger partial charge in [0.25, 0.3) is 0 Å². The second-order valence-electron chi connectivity index (χ2n) is 2.60. The first-order chi connectivity index (χ1) is 7.07. The van der Waals surface area contributed by atoms with Crippen molar-refractivity contribution in [2.24, 2.45) is 0 Å². The molecule has 0 aliphatic rings. The van der Waals surface area contributed by atoms with Crippen LogP contribution in [0.3, 0.4) is 0 Å². The van der Waals surface area contributed by atoms with Crippen molar-refractivity contribution in [2.75, 3.05) is 7.11 Å². The molecule has 1 aromatic carbocycles. The van der Waals surface area contributed by atoms with E-state index in [-0.39, 0.29) is 11.1 Å². The maximum atomic E-state index is 11.2. The fourth-order valence-electron chi connectivity index (χ4n) is 1.06. The smallest absolute Gasteiger partial charge is 0.465 e. The molecule has 15 heavy (non-hydrogen) atoms. The van der Waals surface area contributed by atoms with Gasteiger partial charge in [-0.25, -0.2) is 9.59 Å². The van der Waals surface area contributed by atoms with Crippen molar-refractivity contribution in [3.8, 4) is 0 Å². The second kappa shape index (κ2) is 4.32. The predicted molar refractivity (Wildman–Crippen MR) is 49.1 cm³/mol. The molecular formula is C9H7NO5. The highest BCUT2D eigenvalue weighted by atomic mass is 16.6. The Hall–Kier alpha value is -2.24. The first kappa shape index (κ1) is 10.8. The molecule has 0 saturated carbocycles. The van der Waals surface area contributed by atoms with Crippen molar-refractivity contribution < 1.29 is 19.2 Å². The molecule has 0 aliphatic carbocycles. The molecule has 0 unspecified atom stereocenters. The number of nitrogens with zero attached hydrogens (tertiary/aromatic N) is 1. The minimum atomic E-state index is -1.32. The lowest BCUT2D eigenvalue weighted by atomic mass is 10.1. The third-order valence-corrected chi connectivity index (χ3v) is 1.73. The fraction of sp³-hybridized carbons (Fsp3) is 0.111. The molecule has 0 heterocycles. The number of benzene rings is 1. The zero-order valence-corrected chi connectivity index (χ0v) is 7.80. The minimum Gasteiger partial charge on any atom is -0.465 e. The van der Waals surface area contributed by atoms with E-state index < -0.39 is 16.8 Å². The van der Waals surface area contributed by atoms with Crippen molar-refractivity contribution in [3.05, 3.63) is 45.5 Å². The number of carbonyl (C=O) groups excluding carboxylic acids is 2. The monoisotopic (exact) mass is 209 g/mol. The zero-order valence-electron chi connectivity index (χ0n) is 7.80. The Labute approximate surface area is 84.6 Å². The molecule has 6 nitrogen and oxygen atoms in total. The number of hydrogen-bond acceptors (Lipinski definition) is 5. The number of amides is 1. The molecule has 0 N–H and O–H groups in total. The van der Waals surface area contributed by atoms with Crippen LogP contribution in [0.5, 0.6) is 0 Å². The third-order valence-electron chi connectivity index (χ3n) is 1.73. The lowest BCUT2D eigenvalue weighted by molar-refractivity contribution is -0.375. The lowest BCUT2D eigenvalue weighted by Gasteiger charge is -2.01. The van der Waals surface area contributed by atoms with Crippen molar-refractivity contribution in [3.63, 3.8) is 0 Å². The molecule has 78 valence electrons. The molecule has 1 aromatic rings. The SMILES string of the molecule is COC(=O)c1ccccc1C(=O)[N+](=O)[O-]. The Bertz CT molecular complexity index is 426. The summed E-state index contributed by atoms with van der Waals surface area (Å²) in [5.41, 5.74) is -0.379. The maximum absolute atomic E-state index is 11.2. The molecule has 0 radical (unpaired) electrons. The van der Waals surface area contributed by atoms with Gasteiger partial charge in [-0.3, -0.25) is 10.1 Å². The maximum Gasteiger partial charge on any atom is 0.477 e. The number of hydrogen-bond donors (Lipinski definition) is 0. The van der Waals surface area contributed by atoms with Gasteiger partial charge in [-0.05, 0) is 12.1 Å². The summed E-state index contributed by atoms with van der Waals surface area (Å²) >= 11 is 0. The van der Waals surface area contributed by atoms with Crippen LogP contribution in [0.4, 0.5) is 0 Å². The number of carbonyl (C=O) groups is 2. The van der Waals surface area contributed by atoms with Crippen LogP contribution in [0.25, 0.3) is 0 Å². The highest BCUT2D eigenvalue weighted by Crippen LogP contribution is 2.10. The summed E-state index contributed by atoms with van der Waals surface area (Å²) in [4.78, 5) is 31.4. The Morgan fingerprint density at radius 2 is 1.80 bits per heavy atom. The van der Waals surface area contributed by atoms with Gasteiger partial charge in [-0.2, -0.15) is 0 Å². The van der Waals surface area contributed by atoms with Crippen molar-refractivity contribution >= 4 is 11.9 Å². The Balaban J connectivity index is 3.23. The number of rotatable bonds is 2. The minimum absolute atomic E-state index is 0.110. The molecule has 0 spiro atoms. The second-order valence-corrected chi connectivity index (χ2v) is 2.60. The molecule has 1 amide bonds. The van der Waals surface area contributed by atoms with Gasteiger partial charge in [-0.15, -0.1) is 0 Å². The Morgan fingerprint density at radius 3 is 2.27 bits per heavy atom. The first-order valence-corrected chi connectivity index (χ1v) is 3.94. The average molecular weight is 209 g/mol. The highest BCUT2D eigenvalue weighted by Gasteiger charge is 2.25. The van der Waals surface area contributed by atoms with Crippen LogP contribution in [-0.2, 0) is 4.74 Å². The topological polar surface area (TPSA) is 86.5 Å². The van der Waals surface area contributed by atoms with Gasteiger partial charge in [0.1, 0.15) is 10.5 Å². The van der Waals surface area contributed by atoms with E-state index in [0.29, 0.717) is 0 Å². The molecule has 0 fully saturated rings. The zero-order chi connectivity index (χ0) is 11.4. The quantitative estimate of drug-likeness (QED) is 0.410. The van der Waals surface area contributed by atoms with E-state index in [9.17, 15) is 19.7 Å². The molecule has 1 rings (SSSR count). The van der Waals surface area contributed by atoms with E-state index in [1.54, 1.807) is 0 Å². The third kappa shape index (κ3) is 2.16. The summed E-state index contributed by atoms with van der Waals surface area (Å²) in [5.74, 6) is -2.10. The first-order valence-electron chi connectivity index (χ1n) is 3.94. The average Bonchev–Trinajstić information content (AvgIpc) is 2.27. The highest BCUT2D eigenvalue weighted by molar-refractivity contribution is 6.02. The van der Waals surface area contributed by atoms with E-state index >= 15 is 0 Å². The van der Waals surface area contributed by atoms with Crippen LogP contribution in [0.1, 0.15) is 20.7 Å². The predicted octanol–water partition coefficient (Wildman–Crippen LogP) is 0.890. The summed E-state index contributed by atoms with van der Waals surface area (Å²) in [6.45, 7) is 0. The largest absolute Gasteiger partial charge is 0.477 e. The van der Waals surface area contributed by atoms with E-state index in [0.717, 1.165) is 7.11 Å². The van der Waals surface area contributed by atoms with Gasteiger partial charge < -0.3 is 4.74 Å². The number of nitro groups is 1. The summed E-state index contributed by atoms with van der Waals surface area (Å²) < 4.78 is 4.39. The number of methoxy groups -OCH3 is 1. The van der Waals surface area contributed by atoms with Crippen LogP contribution in [0, 0.1) is 10.1 Å². The van der Waals surface area contributed by atoms with E-state index in [2.05, 4.69) is 4.74 Å². The van der Waals surface area contributed by atoms with Crippen LogP contribution in [0.2, 0.25) is 0 Å². The van der Waals surface area contributed by atoms with Crippen LogP contribution >= 0.6 is 0 Å². The molecule has 6 heteroatoms. The van der Waals surface area contributed by atoms with E-state index in [1.165, 1.54) is 24.3 Å². The summed E-state index contributed by atoms with van der Waals surface area (Å²) in [6, 6.07) is 5.42. The Kier molecular flexibility index (Phi) is 3.12. The fourth-order valence-corrected chi connectivity index (χ4v) is 1.06. The van der Waals surface area contributed by atoms with Gasteiger partial charge in [0.15, 0.2) is 0 Å². The molecule has 0 bridgehead atoms. The van der Waals surface area contributed by atoms with Crippen molar-refractivity contribution in [1.82, 2.24) is 0 Å². The summed E-state index contributed by atoms with van der Waals surface area (Å²) in [7, 11) is 1.13. The number of ether oxygens (including phenoxy) is 1.